The number of likely N-dealkylation sites (tertiary alicyclic amines) is 1. The van der Waals surface area contributed by atoms with Crippen LogP contribution in [0, 0.1) is 28.6 Å². The maximum Gasteiger partial charge on any atom is 0.387 e. The van der Waals surface area contributed by atoms with Crippen molar-refractivity contribution in [2.75, 3.05) is 19.7 Å². The van der Waals surface area contributed by atoms with Gasteiger partial charge in [0.2, 0.25) is 0 Å². The number of rotatable bonds is 9. The van der Waals surface area contributed by atoms with E-state index in [1.54, 1.807) is 59.5 Å². The summed E-state index contributed by atoms with van der Waals surface area (Å²) in [5, 5.41) is 18.4. The van der Waals surface area contributed by atoms with Crippen molar-refractivity contribution in [2.45, 2.75) is 32.3 Å². The number of carbonyl (C=O) groups is 1. The Balaban J connectivity index is 1.29. The number of halogens is 2. The van der Waals surface area contributed by atoms with Gasteiger partial charge in [0.15, 0.2) is 6.61 Å². The van der Waals surface area contributed by atoms with Gasteiger partial charge in [-0.2, -0.15) is 19.3 Å². The first-order chi connectivity index (χ1) is 18.4. The predicted molar refractivity (Wildman–Crippen MR) is 138 cm³/mol. The lowest BCUT2D eigenvalue weighted by Gasteiger charge is -2.32. The molecule has 1 heterocycles. The van der Waals surface area contributed by atoms with Gasteiger partial charge < -0.3 is 14.4 Å². The SMILES string of the molecule is N#Cc1ccc(-c2cc(C#N)ccc2OCC(=O)N2CCC(CCc3cccc(OC(F)F)c3)CC2)cc1. The molecule has 8 heteroatoms. The molecule has 0 saturated carbocycles. The molecule has 0 bridgehead atoms. The highest BCUT2D eigenvalue weighted by atomic mass is 19.3. The van der Waals surface area contributed by atoms with Gasteiger partial charge in [-0.15, -0.1) is 0 Å². The van der Waals surface area contributed by atoms with Crippen LogP contribution in [0.5, 0.6) is 11.5 Å². The molecule has 6 nitrogen and oxygen atoms in total. The third-order valence-electron chi connectivity index (χ3n) is 6.72. The second-order valence-electron chi connectivity index (χ2n) is 9.19. The van der Waals surface area contributed by atoms with Crippen molar-refractivity contribution in [3.8, 4) is 34.8 Å². The molecule has 3 aromatic carbocycles. The lowest BCUT2D eigenvalue weighted by Crippen LogP contribution is -2.41. The maximum atomic E-state index is 12.9. The molecule has 194 valence electrons. The van der Waals surface area contributed by atoms with E-state index in [0.29, 0.717) is 41.4 Å². The molecule has 0 aromatic heterocycles. The minimum absolute atomic E-state index is 0.101. The van der Waals surface area contributed by atoms with E-state index >= 15 is 0 Å². The van der Waals surface area contributed by atoms with Crippen LogP contribution in [0.15, 0.2) is 66.7 Å². The lowest BCUT2D eigenvalue weighted by atomic mass is 9.90. The standard InChI is InChI=1S/C30H27F2N3O3/c31-30(32)38-26-3-1-2-22(16-26)5-4-21-12-14-35(15-13-21)29(36)20-37-28-11-8-24(19-34)17-27(28)25-9-6-23(18-33)7-10-25/h1-3,6-11,16-17,21,30H,4-5,12-15,20H2. The van der Waals surface area contributed by atoms with Crippen molar-refractivity contribution in [3.63, 3.8) is 0 Å². The molecule has 1 aliphatic rings. The number of nitrogens with zero attached hydrogens (tertiary/aromatic N) is 3. The summed E-state index contributed by atoms with van der Waals surface area (Å²) in [5.74, 6) is 1.01. The molecule has 38 heavy (non-hydrogen) atoms. The normalized spacial score (nSPS) is 13.6. The second-order valence-corrected chi connectivity index (χ2v) is 9.19. The van der Waals surface area contributed by atoms with Gasteiger partial charge in [-0.05, 0) is 85.2 Å². The largest absolute Gasteiger partial charge is 0.483 e. The summed E-state index contributed by atoms with van der Waals surface area (Å²) in [6, 6.07) is 23.0. The topological polar surface area (TPSA) is 86.3 Å². The number of amides is 1. The smallest absolute Gasteiger partial charge is 0.387 e. The Bertz CT molecular complexity index is 1340. The molecule has 1 aliphatic heterocycles. The zero-order valence-corrected chi connectivity index (χ0v) is 20.8. The van der Waals surface area contributed by atoms with Gasteiger partial charge in [-0.3, -0.25) is 4.79 Å². The fraction of sp³-hybridized carbons (Fsp3) is 0.300. The number of carbonyl (C=O) groups excluding carboxylic acids is 1. The van der Waals surface area contributed by atoms with Gasteiger partial charge in [-0.25, -0.2) is 0 Å². The Hall–Kier alpha value is -4.43. The Morgan fingerprint density at radius 1 is 0.974 bits per heavy atom. The molecule has 1 fully saturated rings. The molecule has 0 N–H and O–H groups in total. The summed E-state index contributed by atoms with van der Waals surface area (Å²) in [6.07, 6.45) is 3.41. The summed E-state index contributed by atoms with van der Waals surface area (Å²) >= 11 is 0. The van der Waals surface area contributed by atoms with Crippen molar-refractivity contribution in [1.29, 1.82) is 10.5 Å². The molecule has 4 rings (SSSR count). The predicted octanol–water partition coefficient (Wildman–Crippen LogP) is 5.95. The first-order valence-electron chi connectivity index (χ1n) is 12.4. The molecular weight excluding hydrogens is 488 g/mol. The molecule has 0 radical (unpaired) electrons. The van der Waals surface area contributed by atoms with Crippen LogP contribution in [-0.2, 0) is 11.2 Å². The number of nitriles is 2. The highest BCUT2D eigenvalue weighted by Crippen LogP contribution is 2.32. The van der Waals surface area contributed by atoms with E-state index in [2.05, 4.69) is 16.9 Å². The van der Waals surface area contributed by atoms with E-state index < -0.39 is 6.61 Å². The highest BCUT2D eigenvalue weighted by Gasteiger charge is 2.23. The summed E-state index contributed by atoms with van der Waals surface area (Å²) in [7, 11) is 0. The second kappa shape index (κ2) is 12.7. The number of hydrogen-bond donors (Lipinski definition) is 0. The van der Waals surface area contributed by atoms with Crippen LogP contribution < -0.4 is 9.47 Å². The van der Waals surface area contributed by atoms with Crippen LogP contribution in [-0.4, -0.2) is 37.1 Å². The molecule has 1 amide bonds. The fourth-order valence-electron chi connectivity index (χ4n) is 4.63. The molecular formula is C30H27F2N3O3. The molecule has 1 saturated heterocycles. The monoisotopic (exact) mass is 515 g/mol. The van der Waals surface area contributed by atoms with E-state index in [4.69, 9.17) is 10.00 Å². The Morgan fingerprint density at radius 2 is 1.68 bits per heavy atom. The average molecular weight is 516 g/mol. The number of benzene rings is 3. The zero-order valence-electron chi connectivity index (χ0n) is 20.8. The van der Waals surface area contributed by atoms with Crippen LogP contribution >= 0.6 is 0 Å². The van der Waals surface area contributed by atoms with Crippen molar-refractivity contribution in [2.24, 2.45) is 5.92 Å². The van der Waals surface area contributed by atoms with Gasteiger partial charge in [0.1, 0.15) is 11.5 Å². The highest BCUT2D eigenvalue weighted by molar-refractivity contribution is 5.79. The third kappa shape index (κ3) is 7.08. The number of ether oxygens (including phenoxy) is 2. The molecule has 0 aliphatic carbocycles. The van der Waals surface area contributed by atoms with Crippen molar-refractivity contribution in [1.82, 2.24) is 4.90 Å². The number of alkyl halides is 2. The molecule has 0 atom stereocenters. The van der Waals surface area contributed by atoms with Crippen molar-refractivity contribution >= 4 is 5.91 Å². The summed E-state index contributed by atoms with van der Waals surface area (Å²) in [5.41, 5.74) is 3.42. The molecule has 0 unspecified atom stereocenters. The lowest BCUT2D eigenvalue weighted by molar-refractivity contribution is -0.134. The van der Waals surface area contributed by atoms with Gasteiger partial charge in [0, 0.05) is 18.7 Å². The number of aryl methyl sites for hydroxylation is 1. The van der Waals surface area contributed by atoms with Gasteiger partial charge in [-0.1, -0.05) is 24.3 Å². The minimum Gasteiger partial charge on any atom is -0.483 e. The Kier molecular flexibility index (Phi) is 8.89. The minimum atomic E-state index is -2.84. The Labute approximate surface area is 220 Å². The van der Waals surface area contributed by atoms with Gasteiger partial charge >= 0.3 is 6.61 Å². The van der Waals surface area contributed by atoms with E-state index in [-0.39, 0.29) is 18.3 Å². The van der Waals surface area contributed by atoms with E-state index in [1.807, 2.05) is 6.07 Å². The summed E-state index contributed by atoms with van der Waals surface area (Å²) < 4.78 is 35.3. The van der Waals surface area contributed by atoms with Crippen LogP contribution in [0.1, 0.15) is 36.0 Å². The van der Waals surface area contributed by atoms with Crippen molar-refractivity contribution in [3.05, 3.63) is 83.4 Å². The average Bonchev–Trinajstić information content (AvgIpc) is 2.95. The van der Waals surface area contributed by atoms with Crippen LogP contribution in [0.25, 0.3) is 11.1 Å². The first-order valence-corrected chi connectivity index (χ1v) is 12.4. The summed E-state index contributed by atoms with van der Waals surface area (Å²) in [4.78, 5) is 14.7. The van der Waals surface area contributed by atoms with E-state index in [9.17, 15) is 18.8 Å². The third-order valence-corrected chi connectivity index (χ3v) is 6.72. The molecule has 0 spiro atoms. The van der Waals surface area contributed by atoms with Crippen LogP contribution in [0.2, 0.25) is 0 Å². The number of piperidine rings is 1. The summed E-state index contributed by atoms with van der Waals surface area (Å²) in [6.45, 7) is -1.68. The van der Waals surface area contributed by atoms with Crippen LogP contribution in [0.3, 0.4) is 0 Å². The quantitative estimate of drug-likeness (QED) is 0.352. The fourth-order valence-corrected chi connectivity index (χ4v) is 4.63. The van der Waals surface area contributed by atoms with E-state index in [1.165, 1.54) is 6.07 Å². The zero-order chi connectivity index (χ0) is 26.9. The van der Waals surface area contributed by atoms with E-state index in [0.717, 1.165) is 36.8 Å². The molecule has 3 aromatic rings. The van der Waals surface area contributed by atoms with Crippen LogP contribution in [0.4, 0.5) is 8.78 Å². The van der Waals surface area contributed by atoms with Crippen molar-refractivity contribution < 1.29 is 23.0 Å². The maximum absolute atomic E-state index is 12.9. The number of hydrogen-bond acceptors (Lipinski definition) is 5. The first kappa shape index (κ1) is 26.6. The van der Waals surface area contributed by atoms with Gasteiger partial charge in [0.25, 0.3) is 5.91 Å². The Morgan fingerprint density at radius 3 is 2.37 bits per heavy atom. The van der Waals surface area contributed by atoms with Gasteiger partial charge in [0.05, 0.1) is 23.3 Å².